The zero-order chi connectivity index (χ0) is 33.6. The van der Waals surface area contributed by atoms with Gasteiger partial charge in [0.2, 0.25) is 5.95 Å². The number of nitrogens with one attached hydrogen (secondary N) is 1. The van der Waals surface area contributed by atoms with E-state index in [4.69, 9.17) is 14.6 Å². The summed E-state index contributed by atoms with van der Waals surface area (Å²) in [5.41, 5.74) is 1.58. The second kappa shape index (κ2) is 13.9. The first-order valence-corrected chi connectivity index (χ1v) is 13.9. The largest absolute Gasteiger partial charge is 0.554 e. The SMILES string of the molecule is COC(=O)C1=C(C)N(c2cccc(C(F)(F)F)c2)c2n[nH]c(=O)n2[C@@H]1c1ccc(C#N)cc1CCC[n+]1ccccc1C.O=C[O-]. The van der Waals surface area contributed by atoms with Gasteiger partial charge in [-0.05, 0) is 54.8 Å². The molecular weight excluding hydrogens is 605 g/mol. The molecule has 2 aromatic heterocycles. The number of nitriles is 1. The normalized spacial score (nSPS) is 14.1. The molecule has 1 aliphatic heterocycles. The molecule has 1 aliphatic rings. The van der Waals surface area contributed by atoms with E-state index in [-0.39, 0.29) is 22.9 Å². The van der Waals surface area contributed by atoms with E-state index in [1.165, 1.54) is 28.7 Å². The molecule has 0 radical (unpaired) electrons. The Kier molecular flexibility index (Phi) is 10.1. The van der Waals surface area contributed by atoms with Crippen LogP contribution >= 0.6 is 0 Å². The molecule has 3 heterocycles. The Labute approximate surface area is 261 Å². The highest BCUT2D eigenvalue weighted by atomic mass is 19.4. The first kappa shape index (κ1) is 33.2. The summed E-state index contributed by atoms with van der Waals surface area (Å²) in [4.78, 5) is 36.3. The van der Waals surface area contributed by atoms with E-state index in [1.54, 1.807) is 25.1 Å². The Bertz CT molecular complexity index is 1890. The van der Waals surface area contributed by atoms with Crippen LogP contribution in [-0.2, 0) is 33.5 Å². The van der Waals surface area contributed by atoms with Crippen LogP contribution in [0.2, 0.25) is 0 Å². The highest BCUT2D eigenvalue weighted by molar-refractivity contribution is 5.93. The maximum Gasteiger partial charge on any atom is 0.416 e. The summed E-state index contributed by atoms with van der Waals surface area (Å²) >= 11 is 0. The van der Waals surface area contributed by atoms with Crippen molar-refractivity contribution in [1.29, 1.82) is 5.26 Å². The lowest BCUT2D eigenvalue weighted by molar-refractivity contribution is -0.703. The summed E-state index contributed by atoms with van der Waals surface area (Å²) in [6.07, 6.45) is -1.44. The number of hydrogen-bond acceptors (Lipinski definition) is 8. The Hall–Kier alpha value is -5.71. The number of aromatic nitrogens is 4. The lowest BCUT2D eigenvalue weighted by Crippen LogP contribution is -2.38. The van der Waals surface area contributed by atoms with Crippen LogP contribution in [0.3, 0.4) is 0 Å². The van der Waals surface area contributed by atoms with Crippen molar-refractivity contribution >= 4 is 24.1 Å². The minimum atomic E-state index is -4.61. The van der Waals surface area contributed by atoms with Gasteiger partial charge in [-0.15, -0.1) is 5.10 Å². The van der Waals surface area contributed by atoms with Crippen LogP contribution in [0.15, 0.2) is 82.9 Å². The van der Waals surface area contributed by atoms with Crippen molar-refractivity contribution in [2.75, 3.05) is 12.0 Å². The summed E-state index contributed by atoms with van der Waals surface area (Å²) in [6.45, 7) is 3.76. The fourth-order valence-corrected chi connectivity index (χ4v) is 5.49. The van der Waals surface area contributed by atoms with E-state index in [0.29, 0.717) is 30.5 Å². The molecule has 0 aliphatic carbocycles. The number of halogens is 3. The van der Waals surface area contributed by atoms with Gasteiger partial charge in [-0.25, -0.2) is 23.8 Å². The number of pyridine rings is 1. The van der Waals surface area contributed by atoms with Gasteiger partial charge in [0.25, 0.3) is 0 Å². The fraction of sp³-hybridized carbons (Fsp3) is 0.250. The highest BCUT2D eigenvalue weighted by Gasteiger charge is 2.41. The lowest BCUT2D eigenvalue weighted by atomic mass is 9.88. The number of benzene rings is 2. The number of aromatic amines is 1. The Morgan fingerprint density at radius 3 is 2.57 bits per heavy atom. The highest BCUT2D eigenvalue weighted by Crippen LogP contribution is 2.43. The first-order valence-electron chi connectivity index (χ1n) is 13.9. The average Bonchev–Trinajstić information content (AvgIpc) is 3.41. The van der Waals surface area contributed by atoms with E-state index < -0.39 is 35.9 Å². The summed E-state index contributed by atoms with van der Waals surface area (Å²) < 4.78 is 49.3. The van der Waals surface area contributed by atoms with Gasteiger partial charge in [0.05, 0.1) is 29.9 Å². The van der Waals surface area contributed by atoms with Crippen molar-refractivity contribution in [3.63, 3.8) is 0 Å². The number of anilines is 2. The number of carbonyl (C=O) groups excluding carboxylic acids is 2. The van der Waals surface area contributed by atoms with Crippen molar-refractivity contribution in [3.8, 4) is 6.07 Å². The average molecular weight is 635 g/mol. The Balaban J connectivity index is 0.00000154. The predicted octanol–water partition coefficient (Wildman–Crippen LogP) is 3.24. The van der Waals surface area contributed by atoms with Crippen LogP contribution in [0, 0.1) is 18.3 Å². The van der Waals surface area contributed by atoms with Crippen molar-refractivity contribution in [3.05, 3.63) is 117 Å². The van der Waals surface area contributed by atoms with Crippen LogP contribution in [0.4, 0.5) is 24.8 Å². The van der Waals surface area contributed by atoms with Crippen LogP contribution < -0.4 is 20.3 Å². The number of methoxy groups -OCH3 is 1. The molecule has 0 saturated heterocycles. The van der Waals surface area contributed by atoms with Crippen LogP contribution in [0.5, 0.6) is 0 Å². The predicted molar refractivity (Wildman–Crippen MR) is 156 cm³/mol. The molecule has 11 nitrogen and oxygen atoms in total. The van der Waals surface area contributed by atoms with Crippen molar-refractivity contribution in [2.24, 2.45) is 0 Å². The Morgan fingerprint density at radius 2 is 1.91 bits per heavy atom. The molecule has 0 amide bonds. The van der Waals surface area contributed by atoms with Gasteiger partial charge in [-0.2, -0.15) is 18.4 Å². The molecule has 1 atom stereocenters. The molecule has 238 valence electrons. The summed E-state index contributed by atoms with van der Waals surface area (Å²) in [5, 5.41) is 24.4. The lowest BCUT2D eigenvalue weighted by Gasteiger charge is -2.36. The van der Waals surface area contributed by atoms with Gasteiger partial charge >= 0.3 is 17.8 Å². The molecule has 2 aromatic carbocycles. The summed E-state index contributed by atoms with van der Waals surface area (Å²) in [7, 11) is 1.20. The molecule has 4 aromatic rings. The van der Waals surface area contributed by atoms with Gasteiger partial charge in [-0.1, -0.05) is 18.2 Å². The second-order valence-electron chi connectivity index (χ2n) is 10.2. The van der Waals surface area contributed by atoms with Crippen molar-refractivity contribution < 1.29 is 37.2 Å². The van der Waals surface area contributed by atoms with E-state index in [0.717, 1.165) is 23.4 Å². The molecule has 0 unspecified atom stereocenters. The molecule has 0 bridgehead atoms. The minimum absolute atomic E-state index is 0.00486. The minimum Gasteiger partial charge on any atom is -0.554 e. The summed E-state index contributed by atoms with van der Waals surface area (Å²) in [5.74, 6) is -0.755. The number of fused-ring (bicyclic) bond motifs is 1. The third-order valence-electron chi connectivity index (χ3n) is 7.56. The van der Waals surface area contributed by atoms with Gasteiger partial charge < -0.3 is 14.6 Å². The number of esters is 1. The molecule has 1 N–H and O–H groups in total. The maximum atomic E-state index is 13.6. The van der Waals surface area contributed by atoms with Crippen molar-refractivity contribution in [1.82, 2.24) is 14.8 Å². The quantitative estimate of drug-likeness (QED) is 0.185. The molecule has 0 spiro atoms. The number of allylic oxidation sites excluding steroid dienone is 1. The van der Waals surface area contributed by atoms with Crippen LogP contribution in [0.25, 0.3) is 0 Å². The van der Waals surface area contributed by atoms with Crippen LogP contribution in [-0.4, -0.2) is 34.3 Å². The van der Waals surface area contributed by atoms with Crippen molar-refractivity contribution in [2.45, 2.75) is 45.5 Å². The Morgan fingerprint density at radius 1 is 1.17 bits per heavy atom. The fourth-order valence-electron chi connectivity index (χ4n) is 5.49. The molecule has 14 heteroatoms. The maximum absolute atomic E-state index is 13.6. The smallest absolute Gasteiger partial charge is 0.416 e. The van der Waals surface area contributed by atoms with E-state index in [2.05, 4.69) is 20.8 Å². The number of carboxylic acid groups (broad SMARTS) is 1. The number of nitrogens with zero attached hydrogens (tertiary/aromatic N) is 5. The number of alkyl halides is 3. The van der Waals surface area contributed by atoms with Gasteiger partial charge in [0.15, 0.2) is 11.9 Å². The number of carbonyl (C=O) groups is 2. The number of hydrogen-bond donors (Lipinski definition) is 1. The number of aryl methyl sites for hydroxylation is 3. The zero-order valence-electron chi connectivity index (χ0n) is 25.0. The van der Waals surface area contributed by atoms with Gasteiger partial charge in [-0.3, -0.25) is 4.90 Å². The van der Waals surface area contributed by atoms with Crippen LogP contribution in [0.1, 0.15) is 47.3 Å². The molecule has 0 fully saturated rings. The number of ether oxygens (including phenoxy) is 1. The topological polar surface area (TPSA) is 148 Å². The molecule has 0 saturated carbocycles. The second-order valence-corrected chi connectivity index (χ2v) is 10.2. The summed E-state index contributed by atoms with van der Waals surface area (Å²) in [6, 6.07) is 16.6. The molecule has 46 heavy (non-hydrogen) atoms. The van der Waals surface area contributed by atoms with E-state index in [9.17, 15) is 28.0 Å². The first-order chi connectivity index (χ1) is 22.0. The molecule has 5 rings (SSSR count). The van der Waals surface area contributed by atoms with E-state index >= 15 is 0 Å². The van der Waals surface area contributed by atoms with Gasteiger partial charge in [0, 0.05) is 43.3 Å². The zero-order valence-corrected chi connectivity index (χ0v) is 25.0. The third-order valence-corrected chi connectivity index (χ3v) is 7.56. The molecular formula is C32H29F3N6O5. The van der Waals surface area contributed by atoms with Gasteiger partial charge in [0.1, 0.15) is 12.6 Å². The number of rotatable bonds is 7. The monoisotopic (exact) mass is 634 g/mol. The number of H-pyrrole nitrogens is 1. The third kappa shape index (κ3) is 6.68. The standard InChI is InChI=1S/C31H27F3N6O3.CH2O2/c1-19-8-4-5-14-38(19)15-7-9-22-16-21(18-35)12-13-25(22)27-26(28(41)43-3)20(2)39(29-36-37-30(42)40(27)29)24-11-6-10-23(17-24)31(32,33)34;2-1-3/h4-6,8,10-14,16-17,27H,7,9,15H2,1-3H3;1H,(H,2,3)/t27-;/m1./s1. The van der Waals surface area contributed by atoms with E-state index in [1.807, 2.05) is 31.3 Å².